The summed E-state index contributed by atoms with van der Waals surface area (Å²) in [5.74, 6) is -0.496. The highest BCUT2D eigenvalue weighted by Crippen LogP contribution is 2.42. The zero-order valence-electron chi connectivity index (χ0n) is 14.2. The van der Waals surface area contributed by atoms with E-state index < -0.39 is 11.6 Å². The number of nitrogens with zero attached hydrogens (tertiary/aromatic N) is 1. The largest absolute Gasteiger partial charge is 0.454 e. The molecule has 1 aliphatic carbocycles. The molecule has 0 radical (unpaired) electrons. The first kappa shape index (κ1) is 18.9. The highest BCUT2D eigenvalue weighted by atomic mass is 16.6. The first-order chi connectivity index (χ1) is 10.9. The summed E-state index contributed by atoms with van der Waals surface area (Å²) in [6.07, 6.45) is 4.68. The van der Waals surface area contributed by atoms with Gasteiger partial charge in [-0.1, -0.05) is 50.6 Å². The third-order valence-electron chi connectivity index (χ3n) is 5.50. The quantitative estimate of drug-likeness (QED) is 0.680. The Morgan fingerprint density at radius 3 is 2.33 bits per heavy atom. The molecule has 4 heteroatoms. The van der Waals surface area contributed by atoms with Crippen molar-refractivity contribution in [2.45, 2.75) is 51.2 Å². The number of quaternary nitrogens is 1. The van der Waals surface area contributed by atoms with Crippen LogP contribution in [0.2, 0.25) is 0 Å². The van der Waals surface area contributed by atoms with Crippen LogP contribution < -0.4 is 0 Å². The van der Waals surface area contributed by atoms with E-state index >= 15 is 0 Å². The maximum atomic E-state index is 12.9. The lowest BCUT2D eigenvalue weighted by molar-refractivity contribution is -0.879. The van der Waals surface area contributed by atoms with Gasteiger partial charge < -0.3 is 14.3 Å². The van der Waals surface area contributed by atoms with Crippen LogP contribution in [0.25, 0.3) is 0 Å². The molecule has 4 nitrogen and oxygen atoms in total. The van der Waals surface area contributed by atoms with Gasteiger partial charge in [0.25, 0.3) is 0 Å². The first-order valence-electron chi connectivity index (χ1n) is 8.73. The van der Waals surface area contributed by atoms with Crippen molar-refractivity contribution in [3.8, 4) is 0 Å². The molecule has 24 heavy (non-hydrogen) atoms. The van der Waals surface area contributed by atoms with Crippen molar-refractivity contribution in [1.82, 2.24) is 0 Å². The predicted octanol–water partition coefficient (Wildman–Crippen LogP) is 3.09. The van der Waals surface area contributed by atoms with Crippen molar-refractivity contribution in [2.24, 2.45) is 5.92 Å². The molecule has 0 amide bonds. The Bertz CT molecular complexity index is 551. The molecular formula is C20H32NO3+. The second-order valence-corrected chi connectivity index (χ2v) is 7.77. The molecule has 1 saturated carbocycles. The molecule has 134 valence electrons. The average molecular weight is 334 g/mol. The lowest BCUT2D eigenvalue weighted by atomic mass is 9.80. The maximum Gasteiger partial charge on any atom is 0.343 e. The number of carbonyl (C=O) groups excluding carboxylic acids is 1. The van der Waals surface area contributed by atoms with Crippen LogP contribution in [-0.4, -0.2) is 48.8 Å². The van der Waals surface area contributed by atoms with Gasteiger partial charge in [-0.25, -0.2) is 4.79 Å². The van der Waals surface area contributed by atoms with Crippen molar-refractivity contribution in [2.75, 3.05) is 27.2 Å². The van der Waals surface area contributed by atoms with Crippen molar-refractivity contribution in [1.29, 1.82) is 0 Å². The number of esters is 1. The number of aliphatic hydroxyl groups is 1. The van der Waals surface area contributed by atoms with Gasteiger partial charge in [0.05, 0.1) is 20.6 Å². The number of benzene rings is 1. The molecule has 0 spiro atoms. The van der Waals surface area contributed by atoms with Gasteiger partial charge in [0.1, 0.15) is 6.54 Å². The minimum Gasteiger partial charge on any atom is -0.454 e. The fraction of sp³-hybridized carbons (Fsp3) is 0.650. The van der Waals surface area contributed by atoms with Crippen LogP contribution in [0.1, 0.15) is 45.1 Å². The van der Waals surface area contributed by atoms with E-state index in [9.17, 15) is 9.90 Å². The molecule has 1 aromatic carbocycles. The summed E-state index contributed by atoms with van der Waals surface area (Å²) in [4.78, 5) is 12.9. The number of likely N-dealkylation sites (N-methyl/N-ethyl adjacent to an activating group) is 1. The first-order valence-corrected chi connectivity index (χ1v) is 8.73. The smallest absolute Gasteiger partial charge is 0.343 e. The number of hydrogen-bond donors (Lipinski definition) is 1. The van der Waals surface area contributed by atoms with E-state index in [0.29, 0.717) is 5.56 Å². The zero-order chi connectivity index (χ0) is 16.5. The number of carbonyl (C=O) groups is 1. The molecule has 1 saturated heterocycles. The lowest BCUT2D eigenvalue weighted by Crippen LogP contribution is -2.46. The fourth-order valence-electron chi connectivity index (χ4n) is 4.12. The van der Waals surface area contributed by atoms with Crippen molar-refractivity contribution < 1.29 is 19.1 Å². The second-order valence-electron chi connectivity index (χ2n) is 7.77. The Morgan fingerprint density at radius 1 is 1.17 bits per heavy atom. The van der Waals surface area contributed by atoms with E-state index in [1.807, 2.05) is 30.3 Å². The Kier molecular flexibility index (Phi) is 5.71. The molecule has 1 aliphatic heterocycles. The number of rotatable bonds is 4. The zero-order valence-corrected chi connectivity index (χ0v) is 14.2. The minimum absolute atomic E-state index is 0. The number of likely N-dealkylation sites (tertiary alicyclic amines) is 1. The fourth-order valence-corrected chi connectivity index (χ4v) is 4.12. The van der Waals surface area contributed by atoms with Gasteiger partial charge in [-0.05, 0) is 18.4 Å². The highest BCUT2D eigenvalue weighted by Gasteiger charge is 2.49. The predicted molar refractivity (Wildman–Crippen MR) is 95.4 cm³/mol. The Morgan fingerprint density at radius 2 is 1.79 bits per heavy atom. The summed E-state index contributed by atoms with van der Waals surface area (Å²) in [6.45, 7) is 1.83. The minimum atomic E-state index is -1.50. The molecule has 0 unspecified atom stereocenters. The van der Waals surface area contributed by atoms with Gasteiger partial charge in [-0.3, -0.25) is 0 Å². The summed E-state index contributed by atoms with van der Waals surface area (Å²) < 4.78 is 6.64. The normalized spacial score (nSPS) is 25.7. The molecule has 0 aromatic heterocycles. The maximum absolute atomic E-state index is 12.9. The standard InChI is InChI=1S/C19H28NO3.CH4/c1-20(2)13-12-17(14-20)23-18(21)19(22,16-10-6-7-11-16)15-8-4-3-5-9-15;/h3-5,8-9,16-17,22H,6-7,10-14H2,1-2H3;1H4/q+1;/t17-,19+;/m1./s1. The van der Waals surface area contributed by atoms with Crippen molar-refractivity contribution >= 4 is 5.97 Å². The molecule has 1 aromatic rings. The van der Waals surface area contributed by atoms with Gasteiger partial charge >= 0.3 is 5.97 Å². The molecule has 2 aliphatic rings. The monoisotopic (exact) mass is 334 g/mol. The molecule has 2 atom stereocenters. The van der Waals surface area contributed by atoms with Crippen LogP contribution in [-0.2, 0) is 15.1 Å². The summed E-state index contributed by atoms with van der Waals surface area (Å²) in [7, 11) is 4.29. The van der Waals surface area contributed by atoms with Gasteiger partial charge in [0.15, 0.2) is 11.7 Å². The SMILES string of the molecule is C.C[N+]1(C)CC[C@@H](OC(=O)[C@](O)(c2ccccc2)C2CCCC2)C1. The lowest BCUT2D eigenvalue weighted by Gasteiger charge is -2.33. The van der Waals surface area contributed by atoms with Crippen LogP contribution in [0.5, 0.6) is 0 Å². The molecule has 1 heterocycles. The molecule has 3 rings (SSSR count). The Hall–Kier alpha value is -1.39. The van der Waals surface area contributed by atoms with Crippen LogP contribution in [0.4, 0.5) is 0 Å². The van der Waals surface area contributed by atoms with Gasteiger partial charge in [0.2, 0.25) is 0 Å². The van der Waals surface area contributed by atoms with Crippen LogP contribution in [0.3, 0.4) is 0 Å². The summed E-state index contributed by atoms with van der Waals surface area (Å²) in [5.41, 5.74) is -0.832. The van der Waals surface area contributed by atoms with Crippen LogP contribution in [0, 0.1) is 5.92 Å². The van der Waals surface area contributed by atoms with E-state index in [1.165, 1.54) is 0 Å². The van der Waals surface area contributed by atoms with Gasteiger partial charge in [-0.15, -0.1) is 0 Å². The van der Waals surface area contributed by atoms with Gasteiger partial charge in [0, 0.05) is 12.3 Å². The van der Waals surface area contributed by atoms with Crippen LogP contribution in [0.15, 0.2) is 30.3 Å². The van der Waals surface area contributed by atoms with E-state index in [0.717, 1.165) is 49.7 Å². The third-order valence-corrected chi connectivity index (χ3v) is 5.50. The second kappa shape index (κ2) is 7.24. The van der Waals surface area contributed by atoms with E-state index in [4.69, 9.17) is 4.74 Å². The highest BCUT2D eigenvalue weighted by molar-refractivity contribution is 5.81. The van der Waals surface area contributed by atoms with Gasteiger partial charge in [-0.2, -0.15) is 0 Å². The summed E-state index contributed by atoms with van der Waals surface area (Å²) in [6, 6.07) is 9.33. The van der Waals surface area contributed by atoms with Crippen LogP contribution >= 0.6 is 0 Å². The summed E-state index contributed by atoms with van der Waals surface area (Å²) in [5, 5.41) is 11.4. The summed E-state index contributed by atoms with van der Waals surface area (Å²) >= 11 is 0. The van der Waals surface area contributed by atoms with E-state index in [1.54, 1.807) is 0 Å². The molecule has 2 fully saturated rings. The molecular weight excluding hydrogens is 302 g/mol. The van der Waals surface area contributed by atoms with Crippen molar-refractivity contribution in [3.63, 3.8) is 0 Å². The Balaban J connectivity index is 0.00000208. The van der Waals surface area contributed by atoms with Crippen molar-refractivity contribution in [3.05, 3.63) is 35.9 Å². The Labute approximate surface area is 146 Å². The van der Waals surface area contributed by atoms with E-state index in [-0.39, 0.29) is 19.4 Å². The van der Waals surface area contributed by atoms with E-state index in [2.05, 4.69) is 14.1 Å². The average Bonchev–Trinajstić information content (AvgIpc) is 3.17. The number of ether oxygens (including phenoxy) is 1. The molecule has 1 N–H and O–H groups in total. The molecule has 0 bridgehead atoms. The number of hydrogen-bond acceptors (Lipinski definition) is 3. The topological polar surface area (TPSA) is 46.5 Å². The third kappa shape index (κ3) is 3.65.